The molecule has 3 atom stereocenters. The molecule has 3 aliphatic rings. The number of thiazole rings is 1. The topological polar surface area (TPSA) is 42.1 Å². The number of fused-ring (bicyclic) bond motifs is 2. The summed E-state index contributed by atoms with van der Waals surface area (Å²) in [5.41, 5.74) is 7.55. The first-order valence-electron chi connectivity index (χ1n) is 7.85. The number of hydrogen-bond donors (Lipinski definition) is 1. The van der Waals surface area contributed by atoms with Gasteiger partial charge in [-0.15, -0.1) is 0 Å². The predicted molar refractivity (Wildman–Crippen MR) is 79.7 cm³/mol. The third-order valence-corrected chi connectivity index (χ3v) is 6.50. The zero-order chi connectivity index (χ0) is 12.8. The van der Waals surface area contributed by atoms with E-state index in [9.17, 15) is 0 Å². The van der Waals surface area contributed by atoms with Crippen molar-refractivity contribution in [3.05, 3.63) is 10.6 Å². The molecule has 0 radical (unpaired) electrons. The van der Waals surface area contributed by atoms with Crippen LogP contribution in [0.2, 0.25) is 0 Å². The van der Waals surface area contributed by atoms with Crippen LogP contribution in [-0.4, -0.2) is 17.6 Å². The molecule has 2 N–H and O–H groups in total. The number of nitrogens with zero attached hydrogens (tertiary/aromatic N) is 2. The van der Waals surface area contributed by atoms with Crippen molar-refractivity contribution in [3.8, 4) is 0 Å². The van der Waals surface area contributed by atoms with Crippen molar-refractivity contribution in [2.75, 3.05) is 11.4 Å². The second-order valence-electron chi connectivity index (χ2n) is 6.40. The minimum absolute atomic E-state index is 0.250. The maximum Gasteiger partial charge on any atom is 0.186 e. The number of rotatable bonds is 1. The fraction of sp³-hybridized carbons (Fsp3) is 0.800. The van der Waals surface area contributed by atoms with Gasteiger partial charge in [-0.1, -0.05) is 24.2 Å². The van der Waals surface area contributed by atoms with E-state index in [4.69, 9.17) is 10.7 Å². The van der Waals surface area contributed by atoms with Crippen molar-refractivity contribution in [3.63, 3.8) is 0 Å². The van der Waals surface area contributed by atoms with Crippen LogP contribution in [0.1, 0.15) is 61.6 Å². The Labute approximate surface area is 119 Å². The van der Waals surface area contributed by atoms with Gasteiger partial charge in [0.05, 0.1) is 5.69 Å². The second kappa shape index (κ2) is 4.74. The maximum absolute atomic E-state index is 6.24. The summed E-state index contributed by atoms with van der Waals surface area (Å²) >= 11 is 1.89. The van der Waals surface area contributed by atoms with E-state index in [-0.39, 0.29) is 6.04 Å². The Kier molecular flexibility index (Phi) is 3.03. The number of anilines is 1. The summed E-state index contributed by atoms with van der Waals surface area (Å²) in [5.74, 6) is 0.934. The number of aromatic nitrogens is 1. The van der Waals surface area contributed by atoms with Crippen molar-refractivity contribution >= 4 is 16.5 Å². The first kappa shape index (κ1) is 12.2. The van der Waals surface area contributed by atoms with Gasteiger partial charge in [-0.05, 0) is 44.4 Å². The van der Waals surface area contributed by atoms with Gasteiger partial charge >= 0.3 is 0 Å². The molecule has 3 nitrogen and oxygen atoms in total. The van der Waals surface area contributed by atoms with Gasteiger partial charge in [-0.2, -0.15) is 0 Å². The lowest BCUT2D eigenvalue weighted by atomic mass is 9.85. The molecule has 4 rings (SSSR count). The largest absolute Gasteiger partial charge is 0.345 e. The summed E-state index contributed by atoms with van der Waals surface area (Å²) in [5, 5.41) is 1.27. The lowest BCUT2D eigenvalue weighted by Gasteiger charge is -2.31. The Morgan fingerprint density at radius 2 is 2.00 bits per heavy atom. The quantitative estimate of drug-likeness (QED) is 0.857. The Bertz CT molecular complexity index is 470. The number of aryl methyl sites for hydroxylation is 1. The zero-order valence-corrected chi connectivity index (χ0v) is 12.3. The van der Waals surface area contributed by atoms with Gasteiger partial charge < -0.3 is 10.6 Å². The van der Waals surface area contributed by atoms with Crippen LogP contribution in [0.25, 0.3) is 0 Å². The molecule has 19 heavy (non-hydrogen) atoms. The van der Waals surface area contributed by atoms with E-state index in [1.807, 2.05) is 11.3 Å². The molecule has 104 valence electrons. The molecule has 0 aromatic carbocycles. The van der Waals surface area contributed by atoms with E-state index in [0.717, 1.165) is 24.8 Å². The van der Waals surface area contributed by atoms with E-state index >= 15 is 0 Å². The van der Waals surface area contributed by atoms with Crippen LogP contribution >= 0.6 is 11.3 Å². The molecule has 1 saturated heterocycles. The average molecular weight is 277 g/mol. The summed E-state index contributed by atoms with van der Waals surface area (Å²) < 4.78 is 0. The van der Waals surface area contributed by atoms with Crippen molar-refractivity contribution in [2.24, 2.45) is 11.7 Å². The molecule has 3 unspecified atom stereocenters. The van der Waals surface area contributed by atoms with Crippen molar-refractivity contribution < 1.29 is 0 Å². The van der Waals surface area contributed by atoms with Gasteiger partial charge in [0.25, 0.3) is 0 Å². The highest BCUT2D eigenvalue weighted by Gasteiger charge is 2.37. The fourth-order valence-electron chi connectivity index (χ4n) is 4.21. The lowest BCUT2D eigenvalue weighted by Crippen LogP contribution is -2.34. The van der Waals surface area contributed by atoms with E-state index in [1.54, 1.807) is 0 Å². The normalized spacial score (nSPS) is 34.2. The Morgan fingerprint density at radius 3 is 2.89 bits per heavy atom. The fourth-order valence-corrected chi connectivity index (χ4v) is 5.44. The summed E-state index contributed by atoms with van der Waals surface area (Å²) in [6.45, 7) is 1.22. The smallest absolute Gasteiger partial charge is 0.186 e. The Morgan fingerprint density at radius 1 is 1.11 bits per heavy atom. The molecule has 0 spiro atoms. The van der Waals surface area contributed by atoms with Crippen LogP contribution in [0.4, 0.5) is 5.13 Å². The number of nitrogens with two attached hydrogens (primary N) is 1. The molecule has 2 aliphatic carbocycles. The molecule has 1 saturated carbocycles. The van der Waals surface area contributed by atoms with Crippen LogP contribution in [0.3, 0.4) is 0 Å². The first-order valence-corrected chi connectivity index (χ1v) is 8.66. The number of hydrogen-bond acceptors (Lipinski definition) is 4. The Hall–Kier alpha value is -0.610. The monoisotopic (exact) mass is 277 g/mol. The van der Waals surface area contributed by atoms with Gasteiger partial charge in [0.2, 0.25) is 0 Å². The van der Waals surface area contributed by atoms with Crippen LogP contribution in [0, 0.1) is 5.92 Å². The minimum atomic E-state index is 0.250. The van der Waals surface area contributed by atoms with Crippen LogP contribution in [0.5, 0.6) is 0 Å². The molecule has 1 aliphatic heterocycles. The Balaban J connectivity index is 1.62. The molecule has 2 fully saturated rings. The van der Waals surface area contributed by atoms with Crippen molar-refractivity contribution in [1.29, 1.82) is 0 Å². The van der Waals surface area contributed by atoms with Crippen molar-refractivity contribution in [2.45, 2.75) is 63.5 Å². The summed E-state index contributed by atoms with van der Waals surface area (Å²) in [6.07, 6.45) is 10.5. The van der Waals surface area contributed by atoms with Crippen LogP contribution in [0.15, 0.2) is 0 Å². The van der Waals surface area contributed by atoms with Crippen molar-refractivity contribution in [1.82, 2.24) is 4.98 Å². The molecule has 1 aromatic heterocycles. The highest BCUT2D eigenvalue weighted by molar-refractivity contribution is 7.15. The average Bonchev–Trinajstić information content (AvgIpc) is 3.02. The zero-order valence-electron chi connectivity index (χ0n) is 11.5. The lowest BCUT2D eigenvalue weighted by molar-refractivity contribution is 0.342. The summed E-state index contributed by atoms with van der Waals surface area (Å²) in [4.78, 5) is 8.92. The van der Waals surface area contributed by atoms with Gasteiger partial charge in [0, 0.05) is 23.5 Å². The molecule has 4 heteroatoms. The third-order valence-electron chi connectivity index (χ3n) is 5.24. The minimum Gasteiger partial charge on any atom is -0.345 e. The molecule has 2 heterocycles. The van der Waals surface area contributed by atoms with Crippen LogP contribution < -0.4 is 10.6 Å². The second-order valence-corrected chi connectivity index (χ2v) is 7.41. The van der Waals surface area contributed by atoms with Gasteiger partial charge in [0.15, 0.2) is 5.13 Å². The summed E-state index contributed by atoms with van der Waals surface area (Å²) in [6, 6.07) is 1.03. The SMILES string of the molecule is NC1CCCc2nc(N3CCC4CCCCC43)sc21. The predicted octanol–water partition coefficient (Wildman–Crippen LogP) is 3.25. The van der Waals surface area contributed by atoms with Gasteiger partial charge in [-0.3, -0.25) is 0 Å². The van der Waals surface area contributed by atoms with E-state index in [2.05, 4.69) is 4.90 Å². The highest BCUT2D eigenvalue weighted by Crippen LogP contribution is 2.43. The standard InChI is InChI=1S/C15H23N3S/c16-11-5-3-6-12-14(11)19-15(17-12)18-9-8-10-4-1-2-7-13(10)18/h10-11,13H,1-9,16H2. The van der Waals surface area contributed by atoms with E-state index in [1.165, 1.54) is 60.8 Å². The summed E-state index contributed by atoms with van der Waals surface area (Å²) in [7, 11) is 0. The van der Waals surface area contributed by atoms with Gasteiger partial charge in [-0.25, -0.2) is 4.98 Å². The molecule has 0 amide bonds. The first-order chi connectivity index (χ1) is 9.33. The third kappa shape index (κ3) is 2.00. The molecule has 1 aromatic rings. The van der Waals surface area contributed by atoms with E-state index < -0.39 is 0 Å². The van der Waals surface area contributed by atoms with Gasteiger partial charge in [0.1, 0.15) is 0 Å². The molecular weight excluding hydrogens is 254 g/mol. The molecule has 0 bridgehead atoms. The maximum atomic E-state index is 6.24. The van der Waals surface area contributed by atoms with E-state index in [0.29, 0.717) is 0 Å². The highest BCUT2D eigenvalue weighted by atomic mass is 32.1. The van der Waals surface area contributed by atoms with Crippen LogP contribution in [-0.2, 0) is 6.42 Å². The molecular formula is C15H23N3S.